The van der Waals surface area contributed by atoms with Gasteiger partial charge in [0.15, 0.2) is 9.84 Å². The normalized spacial score (nSPS) is 15.4. The summed E-state index contributed by atoms with van der Waals surface area (Å²) in [6, 6.07) is 5.98. The number of benzene rings is 1. The van der Waals surface area contributed by atoms with E-state index in [-0.39, 0.29) is 16.7 Å². The van der Waals surface area contributed by atoms with Crippen molar-refractivity contribution in [3.05, 3.63) is 29.8 Å². The molecule has 7 heteroatoms. The Kier molecular flexibility index (Phi) is 5.99. The number of hydrogen-bond donors (Lipinski definition) is 0. The first-order valence-electron chi connectivity index (χ1n) is 8.20. The molecule has 0 atom stereocenters. The molecular weight excluding hydrogens is 328 g/mol. The second-order valence-corrected chi connectivity index (χ2v) is 8.09. The standard InChI is InChI=1S/C17H24N2O4S/c1-3-4-5-16(20)18-10-12-19(13-11-18)17(21)14-6-8-15(9-7-14)24(2,22)23/h6-9H,3-5,10-13H2,1-2H3. The fourth-order valence-corrected chi connectivity index (χ4v) is 3.30. The molecular formula is C17H24N2O4S. The highest BCUT2D eigenvalue weighted by molar-refractivity contribution is 7.90. The maximum absolute atomic E-state index is 12.5. The third-order valence-electron chi connectivity index (χ3n) is 4.19. The van der Waals surface area contributed by atoms with Gasteiger partial charge in [-0.2, -0.15) is 0 Å². The zero-order chi connectivity index (χ0) is 17.7. The van der Waals surface area contributed by atoms with E-state index in [2.05, 4.69) is 6.92 Å². The third-order valence-corrected chi connectivity index (χ3v) is 5.32. The number of unbranched alkanes of at least 4 members (excludes halogenated alkanes) is 1. The lowest BCUT2D eigenvalue weighted by atomic mass is 10.1. The number of sulfone groups is 1. The highest BCUT2D eigenvalue weighted by Crippen LogP contribution is 2.14. The molecule has 6 nitrogen and oxygen atoms in total. The van der Waals surface area contributed by atoms with Gasteiger partial charge in [0.2, 0.25) is 5.91 Å². The van der Waals surface area contributed by atoms with Gasteiger partial charge in [-0.3, -0.25) is 9.59 Å². The molecule has 1 aliphatic heterocycles. The molecule has 2 amide bonds. The average molecular weight is 352 g/mol. The summed E-state index contributed by atoms with van der Waals surface area (Å²) in [4.78, 5) is 28.2. The highest BCUT2D eigenvalue weighted by atomic mass is 32.2. The monoisotopic (exact) mass is 352 g/mol. The molecule has 24 heavy (non-hydrogen) atoms. The lowest BCUT2D eigenvalue weighted by Crippen LogP contribution is -2.50. The maximum Gasteiger partial charge on any atom is 0.253 e. The molecule has 1 saturated heterocycles. The number of carbonyl (C=O) groups is 2. The van der Waals surface area contributed by atoms with Gasteiger partial charge in [-0.05, 0) is 30.7 Å². The largest absolute Gasteiger partial charge is 0.339 e. The van der Waals surface area contributed by atoms with Crippen LogP contribution in [0.4, 0.5) is 0 Å². The van der Waals surface area contributed by atoms with E-state index in [4.69, 9.17) is 0 Å². The molecule has 0 spiro atoms. The Morgan fingerprint density at radius 1 is 1.00 bits per heavy atom. The van der Waals surface area contributed by atoms with Crippen molar-refractivity contribution in [1.29, 1.82) is 0 Å². The zero-order valence-corrected chi connectivity index (χ0v) is 15.0. The average Bonchev–Trinajstić information content (AvgIpc) is 2.58. The van der Waals surface area contributed by atoms with Gasteiger partial charge in [0.1, 0.15) is 0 Å². The molecule has 1 fully saturated rings. The van der Waals surface area contributed by atoms with Gasteiger partial charge < -0.3 is 9.80 Å². The first kappa shape index (κ1) is 18.4. The fourth-order valence-electron chi connectivity index (χ4n) is 2.67. The van der Waals surface area contributed by atoms with E-state index >= 15 is 0 Å². The van der Waals surface area contributed by atoms with Crippen molar-refractivity contribution in [1.82, 2.24) is 9.80 Å². The van der Waals surface area contributed by atoms with Gasteiger partial charge >= 0.3 is 0 Å². The van der Waals surface area contributed by atoms with Crippen LogP contribution in [0.15, 0.2) is 29.2 Å². The minimum Gasteiger partial charge on any atom is -0.339 e. The van der Waals surface area contributed by atoms with Gasteiger partial charge in [0, 0.05) is 44.4 Å². The molecule has 0 aromatic heterocycles. The molecule has 1 aromatic carbocycles. The van der Waals surface area contributed by atoms with Crippen LogP contribution < -0.4 is 0 Å². The summed E-state index contributed by atoms with van der Waals surface area (Å²) in [6.07, 6.45) is 3.59. The van der Waals surface area contributed by atoms with Gasteiger partial charge in [-0.15, -0.1) is 0 Å². The van der Waals surface area contributed by atoms with Crippen LogP contribution in [0, 0.1) is 0 Å². The van der Waals surface area contributed by atoms with Gasteiger partial charge in [0.25, 0.3) is 5.91 Å². The predicted molar refractivity (Wildman–Crippen MR) is 91.6 cm³/mol. The van der Waals surface area contributed by atoms with E-state index < -0.39 is 9.84 Å². The molecule has 1 heterocycles. The van der Waals surface area contributed by atoms with Crippen LogP contribution in [0.1, 0.15) is 36.5 Å². The molecule has 0 bridgehead atoms. The zero-order valence-electron chi connectivity index (χ0n) is 14.2. The van der Waals surface area contributed by atoms with E-state index in [0.717, 1.165) is 19.1 Å². The summed E-state index contributed by atoms with van der Waals surface area (Å²) in [7, 11) is -3.26. The van der Waals surface area contributed by atoms with Crippen LogP contribution in [-0.4, -0.2) is 62.5 Å². The molecule has 0 unspecified atom stereocenters. The lowest BCUT2D eigenvalue weighted by Gasteiger charge is -2.35. The van der Waals surface area contributed by atoms with Crippen molar-refractivity contribution in [2.75, 3.05) is 32.4 Å². The summed E-state index contributed by atoms with van der Waals surface area (Å²) < 4.78 is 22.9. The van der Waals surface area contributed by atoms with E-state index in [1.807, 2.05) is 4.90 Å². The van der Waals surface area contributed by atoms with Crippen LogP contribution in [-0.2, 0) is 14.6 Å². The Morgan fingerprint density at radius 3 is 2.04 bits per heavy atom. The summed E-state index contributed by atoms with van der Waals surface area (Å²) in [6.45, 7) is 4.17. The number of piperazine rings is 1. The first-order chi connectivity index (χ1) is 11.3. The quantitative estimate of drug-likeness (QED) is 0.806. The Labute approximate surface area is 143 Å². The highest BCUT2D eigenvalue weighted by Gasteiger charge is 2.24. The van der Waals surface area contributed by atoms with Crippen LogP contribution >= 0.6 is 0 Å². The number of hydrogen-bond acceptors (Lipinski definition) is 4. The first-order valence-corrected chi connectivity index (χ1v) is 10.1. The summed E-state index contributed by atoms with van der Waals surface area (Å²) >= 11 is 0. The minimum atomic E-state index is -3.26. The Bertz CT molecular complexity index is 690. The summed E-state index contributed by atoms with van der Waals surface area (Å²) in [5.74, 6) is 0.0252. The predicted octanol–water partition coefficient (Wildman–Crippen LogP) is 1.56. The van der Waals surface area contributed by atoms with Crippen LogP contribution in [0.2, 0.25) is 0 Å². The number of nitrogens with zero attached hydrogens (tertiary/aromatic N) is 2. The Balaban J connectivity index is 1.94. The molecule has 0 radical (unpaired) electrons. The molecule has 132 valence electrons. The summed E-state index contributed by atoms with van der Waals surface area (Å²) in [5.41, 5.74) is 0.466. The number of amides is 2. The number of rotatable bonds is 5. The van der Waals surface area contributed by atoms with Crippen molar-refractivity contribution in [3.8, 4) is 0 Å². The lowest BCUT2D eigenvalue weighted by molar-refractivity contribution is -0.132. The topological polar surface area (TPSA) is 74.8 Å². The third kappa shape index (κ3) is 4.56. The fraction of sp³-hybridized carbons (Fsp3) is 0.529. The molecule has 1 aliphatic rings. The van der Waals surface area contributed by atoms with E-state index in [1.54, 1.807) is 4.90 Å². The van der Waals surface area contributed by atoms with Crippen LogP contribution in [0.25, 0.3) is 0 Å². The molecule has 2 rings (SSSR count). The smallest absolute Gasteiger partial charge is 0.253 e. The Morgan fingerprint density at radius 2 is 1.54 bits per heavy atom. The van der Waals surface area contributed by atoms with E-state index in [0.29, 0.717) is 38.2 Å². The van der Waals surface area contributed by atoms with Gasteiger partial charge in [-0.1, -0.05) is 13.3 Å². The second kappa shape index (κ2) is 7.79. The SMILES string of the molecule is CCCCC(=O)N1CCN(C(=O)c2ccc(S(C)(=O)=O)cc2)CC1. The van der Waals surface area contributed by atoms with Crippen molar-refractivity contribution in [3.63, 3.8) is 0 Å². The molecule has 0 N–H and O–H groups in total. The van der Waals surface area contributed by atoms with Crippen LogP contribution in [0.3, 0.4) is 0 Å². The van der Waals surface area contributed by atoms with Crippen molar-refractivity contribution < 1.29 is 18.0 Å². The van der Waals surface area contributed by atoms with Crippen molar-refractivity contribution >= 4 is 21.7 Å². The second-order valence-electron chi connectivity index (χ2n) is 6.07. The van der Waals surface area contributed by atoms with E-state index in [1.165, 1.54) is 24.3 Å². The van der Waals surface area contributed by atoms with E-state index in [9.17, 15) is 18.0 Å². The number of carbonyl (C=O) groups excluding carboxylic acids is 2. The maximum atomic E-state index is 12.5. The van der Waals surface area contributed by atoms with Crippen LogP contribution in [0.5, 0.6) is 0 Å². The van der Waals surface area contributed by atoms with Crippen molar-refractivity contribution in [2.45, 2.75) is 31.1 Å². The molecule has 1 aromatic rings. The molecule has 0 saturated carbocycles. The van der Waals surface area contributed by atoms with Gasteiger partial charge in [0.05, 0.1) is 4.90 Å². The molecule has 0 aliphatic carbocycles. The minimum absolute atomic E-state index is 0.129. The van der Waals surface area contributed by atoms with Crippen molar-refractivity contribution in [2.24, 2.45) is 0 Å². The van der Waals surface area contributed by atoms with Gasteiger partial charge in [-0.25, -0.2) is 8.42 Å². The Hall–Kier alpha value is -1.89. The summed E-state index contributed by atoms with van der Waals surface area (Å²) in [5, 5.41) is 0.